The molecule has 0 unspecified atom stereocenters. The number of benzene rings is 1. The largest absolute Gasteiger partial charge is 0.497 e. The van der Waals surface area contributed by atoms with E-state index in [1.807, 2.05) is 35.7 Å². The Hall–Kier alpha value is -2.91. The highest BCUT2D eigenvalue weighted by Crippen LogP contribution is 2.40. The molecule has 2 heterocycles. The molecule has 0 radical (unpaired) electrons. The van der Waals surface area contributed by atoms with Gasteiger partial charge in [-0.25, -0.2) is 5.01 Å². The van der Waals surface area contributed by atoms with Crippen LogP contribution in [0.2, 0.25) is 0 Å². The third kappa shape index (κ3) is 5.20. The summed E-state index contributed by atoms with van der Waals surface area (Å²) >= 11 is 1.59. The summed E-state index contributed by atoms with van der Waals surface area (Å²) in [5.41, 5.74) is 1.66. The molecule has 0 bridgehead atoms. The highest BCUT2D eigenvalue weighted by molar-refractivity contribution is 7.12. The first-order valence-corrected chi connectivity index (χ1v) is 11.9. The molecule has 2 amide bonds. The number of amides is 2. The van der Waals surface area contributed by atoms with E-state index in [-0.39, 0.29) is 30.3 Å². The van der Waals surface area contributed by atoms with Gasteiger partial charge in [0.1, 0.15) is 18.0 Å². The van der Waals surface area contributed by atoms with Gasteiger partial charge in [-0.2, -0.15) is 5.10 Å². The molecule has 1 saturated carbocycles. The smallest absolute Gasteiger partial charge is 0.262 e. The molecule has 1 fully saturated rings. The van der Waals surface area contributed by atoms with E-state index in [9.17, 15) is 9.59 Å². The Morgan fingerprint density at radius 3 is 2.64 bits per heavy atom. The van der Waals surface area contributed by atoms with Crippen LogP contribution in [0, 0.1) is 5.92 Å². The predicted molar refractivity (Wildman–Crippen MR) is 126 cm³/mol. The third-order valence-electron chi connectivity index (χ3n) is 5.90. The Balaban J connectivity index is 1.64. The SMILES string of the molecule is COCCN(CC(=O)N1N=C(c2cccs2)C[C@@H]1c1cc(OC)ccc1OC)C(=O)C1CC1. The Bertz CT molecular complexity index is 1020. The molecule has 1 aliphatic carbocycles. The number of hydrogen-bond acceptors (Lipinski definition) is 7. The van der Waals surface area contributed by atoms with Crippen molar-refractivity contribution in [2.45, 2.75) is 25.3 Å². The van der Waals surface area contributed by atoms with Gasteiger partial charge in [-0.05, 0) is 42.5 Å². The summed E-state index contributed by atoms with van der Waals surface area (Å²) in [5.74, 6) is 1.13. The molecule has 1 aromatic carbocycles. The van der Waals surface area contributed by atoms with E-state index in [4.69, 9.17) is 19.3 Å². The average Bonchev–Trinajstić information content (AvgIpc) is 3.35. The topological polar surface area (TPSA) is 80.7 Å². The van der Waals surface area contributed by atoms with Gasteiger partial charge in [-0.1, -0.05) is 6.07 Å². The summed E-state index contributed by atoms with van der Waals surface area (Å²) in [4.78, 5) is 28.9. The molecular formula is C24H29N3O5S. The van der Waals surface area contributed by atoms with Crippen LogP contribution in [-0.2, 0) is 14.3 Å². The van der Waals surface area contributed by atoms with Gasteiger partial charge in [-0.3, -0.25) is 9.59 Å². The molecule has 2 aliphatic rings. The van der Waals surface area contributed by atoms with Crippen molar-refractivity contribution in [2.24, 2.45) is 11.0 Å². The van der Waals surface area contributed by atoms with Gasteiger partial charge in [0.2, 0.25) is 5.91 Å². The van der Waals surface area contributed by atoms with E-state index < -0.39 is 0 Å². The summed E-state index contributed by atoms with van der Waals surface area (Å²) in [7, 11) is 4.80. The van der Waals surface area contributed by atoms with Crippen molar-refractivity contribution in [3.63, 3.8) is 0 Å². The normalized spacial score (nSPS) is 17.6. The Labute approximate surface area is 197 Å². The summed E-state index contributed by atoms with van der Waals surface area (Å²) < 4.78 is 16.2. The van der Waals surface area contributed by atoms with Crippen LogP contribution in [0.25, 0.3) is 0 Å². The second-order valence-electron chi connectivity index (χ2n) is 8.12. The fraction of sp³-hybridized carbons (Fsp3) is 0.458. The molecule has 176 valence electrons. The van der Waals surface area contributed by atoms with Crippen LogP contribution in [0.5, 0.6) is 11.5 Å². The van der Waals surface area contributed by atoms with Crippen LogP contribution in [0.3, 0.4) is 0 Å². The third-order valence-corrected chi connectivity index (χ3v) is 6.82. The first-order chi connectivity index (χ1) is 16.0. The molecule has 0 N–H and O–H groups in total. The lowest BCUT2D eigenvalue weighted by molar-refractivity contribution is -0.142. The summed E-state index contributed by atoms with van der Waals surface area (Å²) in [6.07, 6.45) is 2.31. The number of ether oxygens (including phenoxy) is 3. The molecule has 0 spiro atoms. The van der Waals surface area contributed by atoms with Crippen molar-refractivity contribution in [3.05, 3.63) is 46.2 Å². The minimum absolute atomic E-state index is 0.0116. The van der Waals surface area contributed by atoms with Crippen LogP contribution in [0.1, 0.15) is 35.7 Å². The number of hydrazone groups is 1. The van der Waals surface area contributed by atoms with E-state index in [0.717, 1.165) is 29.0 Å². The Morgan fingerprint density at radius 2 is 2.00 bits per heavy atom. The highest BCUT2D eigenvalue weighted by Gasteiger charge is 2.38. The number of rotatable bonds is 10. The van der Waals surface area contributed by atoms with Crippen molar-refractivity contribution in [3.8, 4) is 11.5 Å². The Morgan fingerprint density at radius 1 is 1.18 bits per heavy atom. The van der Waals surface area contributed by atoms with E-state index >= 15 is 0 Å². The molecular weight excluding hydrogens is 442 g/mol. The lowest BCUT2D eigenvalue weighted by atomic mass is 9.99. The molecule has 2 aromatic rings. The van der Waals surface area contributed by atoms with Crippen LogP contribution < -0.4 is 9.47 Å². The van der Waals surface area contributed by atoms with E-state index in [1.54, 1.807) is 37.6 Å². The van der Waals surface area contributed by atoms with Crippen LogP contribution in [-0.4, -0.2) is 68.5 Å². The van der Waals surface area contributed by atoms with Crippen LogP contribution >= 0.6 is 11.3 Å². The standard InChI is InChI=1S/C24H29N3O5S/c1-30-11-10-26(24(29)16-6-7-16)15-23(28)27-20(14-19(25-27)22-5-4-12-33-22)18-13-17(31-2)8-9-21(18)32-3/h4-5,8-9,12-13,16,20H,6-7,10-11,14-15H2,1-3H3/t20-/m1/s1. The summed E-state index contributed by atoms with van der Waals surface area (Å²) in [6.45, 7) is 0.714. The van der Waals surface area contributed by atoms with Crippen molar-refractivity contribution in [1.29, 1.82) is 0 Å². The first kappa shape index (κ1) is 23.3. The van der Waals surface area contributed by atoms with Gasteiger partial charge in [0.05, 0.1) is 37.5 Å². The maximum atomic E-state index is 13.5. The minimum atomic E-state index is -0.361. The van der Waals surface area contributed by atoms with E-state index in [1.165, 1.54) is 5.01 Å². The zero-order chi connectivity index (χ0) is 23.4. The number of hydrogen-bond donors (Lipinski definition) is 0. The Kier molecular flexibility index (Phi) is 7.29. The number of carbonyl (C=O) groups is 2. The van der Waals surface area contributed by atoms with Crippen LogP contribution in [0.4, 0.5) is 0 Å². The molecule has 0 saturated heterocycles. The molecule has 8 nitrogen and oxygen atoms in total. The lowest BCUT2D eigenvalue weighted by Gasteiger charge is -2.27. The van der Waals surface area contributed by atoms with Crippen molar-refractivity contribution >= 4 is 28.9 Å². The second-order valence-corrected chi connectivity index (χ2v) is 9.06. The fourth-order valence-corrected chi connectivity index (χ4v) is 4.69. The maximum absolute atomic E-state index is 13.5. The fourth-order valence-electron chi connectivity index (χ4n) is 3.97. The van der Waals surface area contributed by atoms with Crippen molar-refractivity contribution in [2.75, 3.05) is 41.0 Å². The highest BCUT2D eigenvalue weighted by atomic mass is 32.1. The molecule has 1 aliphatic heterocycles. The van der Waals surface area contributed by atoms with Gasteiger partial charge < -0.3 is 19.1 Å². The van der Waals surface area contributed by atoms with Crippen molar-refractivity contribution < 1.29 is 23.8 Å². The predicted octanol–water partition coefficient (Wildman–Crippen LogP) is 3.33. The quantitative estimate of drug-likeness (QED) is 0.531. The zero-order valence-electron chi connectivity index (χ0n) is 19.2. The summed E-state index contributed by atoms with van der Waals surface area (Å²) in [5, 5.41) is 8.21. The van der Waals surface area contributed by atoms with Gasteiger partial charge in [-0.15, -0.1) is 11.3 Å². The van der Waals surface area contributed by atoms with Crippen LogP contribution in [0.15, 0.2) is 40.8 Å². The number of thiophene rings is 1. The maximum Gasteiger partial charge on any atom is 0.262 e. The monoisotopic (exact) mass is 471 g/mol. The molecule has 1 aromatic heterocycles. The van der Waals surface area contributed by atoms with Crippen molar-refractivity contribution in [1.82, 2.24) is 9.91 Å². The van der Waals surface area contributed by atoms with Gasteiger partial charge in [0.25, 0.3) is 5.91 Å². The number of carbonyl (C=O) groups excluding carboxylic acids is 2. The van der Waals surface area contributed by atoms with Gasteiger partial charge >= 0.3 is 0 Å². The number of methoxy groups -OCH3 is 3. The van der Waals surface area contributed by atoms with E-state index in [0.29, 0.717) is 31.1 Å². The molecule has 4 rings (SSSR count). The first-order valence-electron chi connectivity index (χ1n) is 11.0. The van der Waals surface area contributed by atoms with Gasteiger partial charge in [0, 0.05) is 31.6 Å². The zero-order valence-corrected chi connectivity index (χ0v) is 20.0. The van der Waals surface area contributed by atoms with E-state index in [2.05, 4.69) is 0 Å². The lowest BCUT2D eigenvalue weighted by Crippen LogP contribution is -2.43. The minimum Gasteiger partial charge on any atom is -0.497 e. The molecule has 1 atom stereocenters. The number of nitrogens with zero attached hydrogens (tertiary/aromatic N) is 3. The average molecular weight is 472 g/mol. The molecule has 9 heteroatoms. The second kappa shape index (κ2) is 10.4. The molecule has 33 heavy (non-hydrogen) atoms. The van der Waals surface area contributed by atoms with Gasteiger partial charge in [0.15, 0.2) is 0 Å². The summed E-state index contributed by atoms with van der Waals surface area (Å²) in [6, 6.07) is 9.15.